The first-order valence-electron chi connectivity index (χ1n) is 8.41. The highest BCUT2D eigenvalue weighted by molar-refractivity contribution is 5.83. The molecule has 5 N–H and O–H groups in total. The number of nitrogens with two attached hydrogens (primary N) is 2. The van der Waals surface area contributed by atoms with E-state index in [2.05, 4.69) is 5.32 Å². The van der Waals surface area contributed by atoms with Crippen molar-refractivity contribution in [3.63, 3.8) is 0 Å². The molecule has 3 aliphatic rings. The molecule has 0 aromatic carbocycles. The number of carbonyl (C=O) groups is 1. The van der Waals surface area contributed by atoms with Crippen molar-refractivity contribution in [2.75, 3.05) is 6.54 Å². The lowest BCUT2D eigenvalue weighted by molar-refractivity contribution is -0.132. The van der Waals surface area contributed by atoms with Gasteiger partial charge in [-0.15, -0.1) is 0 Å². The standard InChI is InChI=1S/C16H29N3O/c17-10-16(6-1-2-7-16)15(20)19-14-11-4-3-5-12(14)9-13(18)8-11/h11-14H,1-10,17-18H2,(H,19,20). The van der Waals surface area contributed by atoms with Crippen LogP contribution in [-0.4, -0.2) is 24.5 Å². The lowest BCUT2D eigenvalue weighted by Crippen LogP contribution is -2.57. The van der Waals surface area contributed by atoms with Crippen molar-refractivity contribution in [1.29, 1.82) is 0 Å². The highest BCUT2D eigenvalue weighted by atomic mass is 16.2. The zero-order chi connectivity index (χ0) is 14.2. The molecule has 20 heavy (non-hydrogen) atoms. The van der Waals surface area contributed by atoms with Gasteiger partial charge in [0.05, 0.1) is 5.41 Å². The monoisotopic (exact) mass is 279 g/mol. The molecular weight excluding hydrogens is 250 g/mol. The maximum absolute atomic E-state index is 12.8. The predicted molar refractivity (Wildman–Crippen MR) is 79.9 cm³/mol. The Bertz CT molecular complexity index is 351. The van der Waals surface area contributed by atoms with Gasteiger partial charge in [-0.1, -0.05) is 19.3 Å². The Hall–Kier alpha value is -0.610. The van der Waals surface area contributed by atoms with Crippen LogP contribution in [0, 0.1) is 17.3 Å². The van der Waals surface area contributed by atoms with Gasteiger partial charge in [0.2, 0.25) is 5.91 Å². The highest BCUT2D eigenvalue weighted by Gasteiger charge is 2.45. The largest absolute Gasteiger partial charge is 0.352 e. The molecule has 0 spiro atoms. The zero-order valence-electron chi connectivity index (χ0n) is 12.4. The summed E-state index contributed by atoms with van der Waals surface area (Å²) in [6.07, 6.45) is 10.1. The molecular formula is C16H29N3O. The van der Waals surface area contributed by atoms with Crippen LogP contribution in [0.4, 0.5) is 0 Å². The van der Waals surface area contributed by atoms with Gasteiger partial charge in [-0.3, -0.25) is 4.79 Å². The molecule has 0 heterocycles. The van der Waals surface area contributed by atoms with Gasteiger partial charge in [-0.05, 0) is 50.4 Å². The molecule has 0 aromatic heterocycles. The van der Waals surface area contributed by atoms with Crippen molar-refractivity contribution in [3.05, 3.63) is 0 Å². The third-order valence-electron chi connectivity index (χ3n) is 6.11. The smallest absolute Gasteiger partial charge is 0.227 e. The van der Waals surface area contributed by atoms with Gasteiger partial charge in [-0.25, -0.2) is 0 Å². The fourth-order valence-electron chi connectivity index (χ4n) is 4.90. The molecule has 0 radical (unpaired) electrons. The molecule has 4 heteroatoms. The van der Waals surface area contributed by atoms with E-state index >= 15 is 0 Å². The summed E-state index contributed by atoms with van der Waals surface area (Å²) >= 11 is 0. The van der Waals surface area contributed by atoms with Crippen LogP contribution >= 0.6 is 0 Å². The number of amides is 1. The number of fused-ring (bicyclic) bond motifs is 2. The molecule has 3 aliphatic carbocycles. The average molecular weight is 279 g/mol. The maximum atomic E-state index is 12.8. The molecule has 2 atom stereocenters. The van der Waals surface area contributed by atoms with E-state index in [-0.39, 0.29) is 11.3 Å². The molecule has 1 amide bonds. The topological polar surface area (TPSA) is 81.1 Å². The van der Waals surface area contributed by atoms with Crippen molar-refractivity contribution < 1.29 is 4.79 Å². The van der Waals surface area contributed by atoms with Crippen LogP contribution in [0.3, 0.4) is 0 Å². The minimum Gasteiger partial charge on any atom is -0.352 e. The van der Waals surface area contributed by atoms with Crippen LogP contribution in [-0.2, 0) is 4.79 Å². The molecule has 114 valence electrons. The van der Waals surface area contributed by atoms with E-state index in [1.54, 1.807) is 0 Å². The van der Waals surface area contributed by atoms with Gasteiger partial charge in [0.1, 0.15) is 0 Å². The minimum atomic E-state index is -0.270. The van der Waals surface area contributed by atoms with Crippen LogP contribution in [0.1, 0.15) is 57.8 Å². The Labute approximate surface area is 122 Å². The Morgan fingerprint density at radius 2 is 1.70 bits per heavy atom. The number of nitrogens with one attached hydrogen (secondary N) is 1. The van der Waals surface area contributed by atoms with E-state index in [4.69, 9.17) is 11.5 Å². The van der Waals surface area contributed by atoms with Crippen molar-refractivity contribution in [2.45, 2.75) is 69.9 Å². The van der Waals surface area contributed by atoms with E-state index in [1.807, 2.05) is 0 Å². The summed E-state index contributed by atoms with van der Waals surface area (Å²) in [7, 11) is 0. The van der Waals surface area contributed by atoms with Gasteiger partial charge in [-0.2, -0.15) is 0 Å². The number of hydrogen-bond acceptors (Lipinski definition) is 3. The summed E-state index contributed by atoms with van der Waals surface area (Å²) < 4.78 is 0. The first kappa shape index (κ1) is 14.3. The third kappa shape index (κ3) is 2.48. The molecule has 3 saturated carbocycles. The van der Waals surface area contributed by atoms with E-state index in [0.29, 0.717) is 30.5 Å². The van der Waals surface area contributed by atoms with Crippen LogP contribution in [0.25, 0.3) is 0 Å². The second-order valence-corrected chi connectivity index (χ2v) is 7.37. The van der Waals surface area contributed by atoms with Crippen LogP contribution in [0.15, 0.2) is 0 Å². The Kier molecular flexibility index (Phi) is 4.04. The molecule has 0 aromatic rings. The number of carbonyl (C=O) groups excluding carboxylic acids is 1. The highest BCUT2D eigenvalue weighted by Crippen LogP contribution is 2.42. The Morgan fingerprint density at radius 1 is 1.10 bits per heavy atom. The molecule has 3 rings (SSSR count). The molecule has 3 fully saturated rings. The van der Waals surface area contributed by atoms with Gasteiger partial charge >= 0.3 is 0 Å². The SMILES string of the molecule is NCC1(C(=O)NC2C3CCCC2CC(N)C3)CCCC1. The van der Waals surface area contributed by atoms with E-state index < -0.39 is 0 Å². The summed E-state index contributed by atoms with van der Waals surface area (Å²) in [6, 6.07) is 0.702. The fraction of sp³-hybridized carbons (Fsp3) is 0.938. The van der Waals surface area contributed by atoms with Gasteiger partial charge in [0, 0.05) is 18.6 Å². The quantitative estimate of drug-likeness (QED) is 0.733. The molecule has 2 unspecified atom stereocenters. The van der Waals surface area contributed by atoms with E-state index in [1.165, 1.54) is 19.3 Å². The Morgan fingerprint density at radius 3 is 2.25 bits per heavy atom. The van der Waals surface area contributed by atoms with Crippen molar-refractivity contribution in [1.82, 2.24) is 5.32 Å². The van der Waals surface area contributed by atoms with Crippen LogP contribution in [0.5, 0.6) is 0 Å². The van der Waals surface area contributed by atoms with Crippen LogP contribution in [0.2, 0.25) is 0 Å². The second kappa shape index (κ2) is 5.64. The van der Waals surface area contributed by atoms with E-state index in [0.717, 1.165) is 38.5 Å². The van der Waals surface area contributed by atoms with E-state index in [9.17, 15) is 4.79 Å². The van der Waals surface area contributed by atoms with Crippen molar-refractivity contribution in [3.8, 4) is 0 Å². The maximum Gasteiger partial charge on any atom is 0.227 e. The average Bonchev–Trinajstić information content (AvgIpc) is 2.90. The summed E-state index contributed by atoms with van der Waals surface area (Å²) in [4.78, 5) is 12.8. The fourth-order valence-corrected chi connectivity index (χ4v) is 4.90. The summed E-state index contributed by atoms with van der Waals surface area (Å²) in [6.45, 7) is 0.500. The minimum absolute atomic E-state index is 0.231. The van der Waals surface area contributed by atoms with Gasteiger partial charge < -0.3 is 16.8 Å². The Balaban J connectivity index is 1.69. The van der Waals surface area contributed by atoms with Crippen molar-refractivity contribution in [2.24, 2.45) is 28.7 Å². The molecule has 4 nitrogen and oxygen atoms in total. The molecule has 0 saturated heterocycles. The van der Waals surface area contributed by atoms with Crippen LogP contribution < -0.4 is 16.8 Å². The zero-order valence-corrected chi connectivity index (χ0v) is 12.4. The molecule has 2 bridgehead atoms. The first-order valence-corrected chi connectivity index (χ1v) is 8.41. The lowest BCUT2D eigenvalue weighted by Gasteiger charge is -2.46. The van der Waals surface area contributed by atoms with Crippen molar-refractivity contribution >= 4 is 5.91 Å². The third-order valence-corrected chi connectivity index (χ3v) is 6.11. The summed E-state index contributed by atoms with van der Waals surface area (Å²) in [5.41, 5.74) is 11.8. The van der Waals surface area contributed by atoms with Gasteiger partial charge in [0.25, 0.3) is 0 Å². The normalized spacial score (nSPS) is 39.5. The summed E-state index contributed by atoms with van der Waals surface area (Å²) in [5, 5.41) is 3.40. The predicted octanol–water partition coefficient (Wildman–Crippen LogP) is 1.53. The first-order chi connectivity index (χ1) is 9.64. The molecule has 0 aliphatic heterocycles. The second-order valence-electron chi connectivity index (χ2n) is 7.37. The number of rotatable bonds is 3. The van der Waals surface area contributed by atoms with Gasteiger partial charge in [0.15, 0.2) is 0 Å². The summed E-state index contributed by atoms with van der Waals surface area (Å²) in [5.74, 6) is 1.42. The number of hydrogen-bond donors (Lipinski definition) is 3. The lowest BCUT2D eigenvalue weighted by atomic mass is 9.66.